The van der Waals surface area contributed by atoms with Gasteiger partial charge >= 0.3 is 5.97 Å². The van der Waals surface area contributed by atoms with Crippen molar-refractivity contribution in [1.29, 1.82) is 0 Å². The van der Waals surface area contributed by atoms with Crippen LogP contribution in [0.15, 0.2) is 18.3 Å². The predicted octanol–water partition coefficient (Wildman–Crippen LogP) is 1.97. The maximum atomic E-state index is 11.2. The van der Waals surface area contributed by atoms with Crippen LogP contribution < -0.4 is 0 Å². The molecule has 0 aromatic carbocycles. The molecule has 2 aromatic rings. The molecule has 6 heteroatoms. The summed E-state index contributed by atoms with van der Waals surface area (Å²) in [5.74, 6) is -0.129. The molecule has 6 nitrogen and oxygen atoms in total. The van der Waals surface area contributed by atoms with Crippen LogP contribution in [0.5, 0.6) is 0 Å². The van der Waals surface area contributed by atoms with E-state index in [-0.39, 0.29) is 11.6 Å². The molecule has 1 aliphatic rings. The predicted molar refractivity (Wildman–Crippen MR) is 73.8 cm³/mol. The molecule has 1 unspecified atom stereocenters. The normalized spacial score (nSPS) is 20.1. The van der Waals surface area contributed by atoms with Crippen LogP contribution in [-0.4, -0.2) is 43.2 Å². The molecule has 0 aliphatic carbocycles. The van der Waals surface area contributed by atoms with Crippen LogP contribution in [-0.2, 0) is 0 Å². The molecule has 3 heterocycles. The first-order valence-electron chi connectivity index (χ1n) is 6.92. The Morgan fingerprint density at radius 3 is 2.95 bits per heavy atom. The van der Waals surface area contributed by atoms with Crippen molar-refractivity contribution in [2.24, 2.45) is 0 Å². The lowest BCUT2D eigenvalue weighted by atomic mass is 10.2. The van der Waals surface area contributed by atoms with Gasteiger partial charge in [0.1, 0.15) is 5.56 Å². The SMILES string of the molecule is CC(C)N1CCCC1c1nnc2c(C(=O)O)cccn12. The molecular weight excluding hydrogens is 256 g/mol. The highest BCUT2D eigenvalue weighted by molar-refractivity contribution is 5.94. The fourth-order valence-electron chi connectivity index (χ4n) is 3.01. The second-order valence-electron chi connectivity index (χ2n) is 5.47. The Balaban J connectivity index is 2.09. The maximum Gasteiger partial charge on any atom is 0.339 e. The van der Waals surface area contributed by atoms with Gasteiger partial charge in [-0.1, -0.05) is 0 Å². The molecule has 2 aromatic heterocycles. The van der Waals surface area contributed by atoms with Gasteiger partial charge in [0.05, 0.1) is 6.04 Å². The topological polar surface area (TPSA) is 70.7 Å². The third-order valence-electron chi connectivity index (χ3n) is 3.95. The van der Waals surface area contributed by atoms with Gasteiger partial charge in [0.25, 0.3) is 0 Å². The van der Waals surface area contributed by atoms with E-state index >= 15 is 0 Å². The lowest BCUT2D eigenvalue weighted by Crippen LogP contribution is -2.31. The minimum absolute atomic E-state index is 0.195. The smallest absolute Gasteiger partial charge is 0.339 e. The number of hydrogen-bond acceptors (Lipinski definition) is 4. The summed E-state index contributed by atoms with van der Waals surface area (Å²) in [6.07, 6.45) is 4.01. The zero-order valence-electron chi connectivity index (χ0n) is 11.7. The molecule has 1 saturated heterocycles. The minimum Gasteiger partial charge on any atom is -0.478 e. The van der Waals surface area contributed by atoms with Crippen molar-refractivity contribution in [2.45, 2.75) is 38.8 Å². The summed E-state index contributed by atoms with van der Waals surface area (Å²) in [6.45, 7) is 5.39. The summed E-state index contributed by atoms with van der Waals surface area (Å²) in [4.78, 5) is 13.6. The molecule has 0 amide bonds. The monoisotopic (exact) mass is 274 g/mol. The molecule has 0 saturated carbocycles. The number of fused-ring (bicyclic) bond motifs is 1. The molecular formula is C14H18N4O2. The Morgan fingerprint density at radius 1 is 1.45 bits per heavy atom. The van der Waals surface area contributed by atoms with Gasteiger partial charge in [-0.3, -0.25) is 9.30 Å². The number of nitrogens with zero attached hydrogens (tertiary/aromatic N) is 4. The van der Waals surface area contributed by atoms with E-state index in [1.165, 1.54) is 0 Å². The molecule has 1 atom stereocenters. The number of pyridine rings is 1. The van der Waals surface area contributed by atoms with E-state index in [9.17, 15) is 9.90 Å². The Bertz CT molecular complexity index is 650. The highest BCUT2D eigenvalue weighted by atomic mass is 16.4. The standard InChI is InChI=1S/C14H18N4O2/c1-9(2)17-7-4-6-11(17)13-16-15-12-10(14(19)20)5-3-8-18(12)13/h3,5,8-9,11H,4,6-7H2,1-2H3,(H,19,20). The fraction of sp³-hybridized carbons (Fsp3) is 0.500. The first-order valence-corrected chi connectivity index (χ1v) is 6.92. The van der Waals surface area contributed by atoms with Crippen molar-refractivity contribution in [3.63, 3.8) is 0 Å². The zero-order valence-corrected chi connectivity index (χ0v) is 11.7. The molecule has 1 N–H and O–H groups in total. The number of aromatic carboxylic acids is 1. The minimum atomic E-state index is -0.971. The van der Waals surface area contributed by atoms with E-state index in [1.807, 2.05) is 10.6 Å². The number of rotatable bonds is 3. The van der Waals surface area contributed by atoms with Crippen LogP contribution in [0.4, 0.5) is 0 Å². The van der Waals surface area contributed by atoms with Crippen molar-refractivity contribution >= 4 is 11.6 Å². The van der Waals surface area contributed by atoms with Crippen molar-refractivity contribution in [3.05, 3.63) is 29.7 Å². The van der Waals surface area contributed by atoms with Gasteiger partial charge in [0.2, 0.25) is 0 Å². The molecule has 20 heavy (non-hydrogen) atoms. The third kappa shape index (κ3) is 1.96. The van der Waals surface area contributed by atoms with Crippen molar-refractivity contribution < 1.29 is 9.90 Å². The molecule has 106 valence electrons. The first kappa shape index (κ1) is 13.1. The Labute approximate surface area is 117 Å². The second-order valence-corrected chi connectivity index (χ2v) is 5.47. The number of aromatic nitrogens is 3. The van der Waals surface area contributed by atoms with E-state index in [0.717, 1.165) is 25.2 Å². The number of likely N-dealkylation sites (tertiary alicyclic amines) is 1. The molecule has 1 fully saturated rings. The van der Waals surface area contributed by atoms with Gasteiger partial charge < -0.3 is 5.11 Å². The van der Waals surface area contributed by atoms with Crippen LogP contribution in [0.1, 0.15) is 48.9 Å². The average Bonchev–Trinajstić information content (AvgIpc) is 3.03. The van der Waals surface area contributed by atoms with Gasteiger partial charge in [0, 0.05) is 12.2 Å². The second kappa shape index (κ2) is 4.86. The largest absolute Gasteiger partial charge is 0.478 e. The molecule has 1 aliphatic heterocycles. The number of hydrogen-bond donors (Lipinski definition) is 1. The van der Waals surface area contributed by atoms with Crippen LogP contribution in [0.25, 0.3) is 5.65 Å². The Hall–Kier alpha value is -1.95. The van der Waals surface area contributed by atoms with Gasteiger partial charge in [-0.05, 0) is 45.4 Å². The summed E-state index contributed by atoms with van der Waals surface area (Å²) in [7, 11) is 0. The fourth-order valence-corrected chi connectivity index (χ4v) is 3.01. The molecule has 0 bridgehead atoms. The summed E-state index contributed by atoms with van der Waals surface area (Å²) >= 11 is 0. The summed E-state index contributed by atoms with van der Waals surface area (Å²) < 4.78 is 1.81. The van der Waals surface area contributed by atoms with E-state index in [2.05, 4.69) is 28.9 Å². The lowest BCUT2D eigenvalue weighted by molar-refractivity contribution is 0.0698. The highest BCUT2D eigenvalue weighted by Crippen LogP contribution is 2.32. The van der Waals surface area contributed by atoms with Crippen LogP contribution in [0.3, 0.4) is 0 Å². The third-order valence-corrected chi connectivity index (χ3v) is 3.95. The van der Waals surface area contributed by atoms with Gasteiger partial charge in [-0.15, -0.1) is 10.2 Å². The van der Waals surface area contributed by atoms with Crippen molar-refractivity contribution in [2.75, 3.05) is 6.54 Å². The van der Waals surface area contributed by atoms with Crippen LogP contribution in [0.2, 0.25) is 0 Å². The van der Waals surface area contributed by atoms with E-state index in [4.69, 9.17) is 0 Å². The number of carboxylic acid groups (broad SMARTS) is 1. The van der Waals surface area contributed by atoms with Gasteiger partial charge in [-0.2, -0.15) is 0 Å². The lowest BCUT2D eigenvalue weighted by Gasteiger charge is -2.26. The summed E-state index contributed by atoms with van der Waals surface area (Å²) in [5.41, 5.74) is 0.617. The first-order chi connectivity index (χ1) is 9.59. The Morgan fingerprint density at radius 2 is 2.25 bits per heavy atom. The van der Waals surface area contributed by atoms with Crippen molar-refractivity contribution in [1.82, 2.24) is 19.5 Å². The van der Waals surface area contributed by atoms with E-state index in [1.54, 1.807) is 12.1 Å². The van der Waals surface area contributed by atoms with Crippen molar-refractivity contribution in [3.8, 4) is 0 Å². The molecule has 0 radical (unpaired) electrons. The van der Waals surface area contributed by atoms with Crippen LogP contribution in [0, 0.1) is 0 Å². The van der Waals surface area contributed by atoms with Crippen LogP contribution >= 0.6 is 0 Å². The Kier molecular flexibility index (Phi) is 3.17. The van der Waals surface area contributed by atoms with Gasteiger partial charge in [0.15, 0.2) is 11.5 Å². The average molecular weight is 274 g/mol. The molecule has 0 spiro atoms. The number of carbonyl (C=O) groups is 1. The molecule has 3 rings (SSSR count). The maximum absolute atomic E-state index is 11.2. The number of carboxylic acids is 1. The summed E-state index contributed by atoms with van der Waals surface area (Å²) in [6, 6.07) is 3.95. The van der Waals surface area contributed by atoms with E-state index < -0.39 is 5.97 Å². The van der Waals surface area contributed by atoms with E-state index in [0.29, 0.717) is 11.7 Å². The summed E-state index contributed by atoms with van der Waals surface area (Å²) in [5, 5.41) is 17.6. The highest BCUT2D eigenvalue weighted by Gasteiger charge is 2.31. The zero-order chi connectivity index (χ0) is 14.3. The quantitative estimate of drug-likeness (QED) is 0.926. The van der Waals surface area contributed by atoms with Gasteiger partial charge in [-0.25, -0.2) is 4.79 Å².